The van der Waals surface area contributed by atoms with Crippen molar-refractivity contribution < 1.29 is 9.90 Å². The summed E-state index contributed by atoms with van der Waals surface area (Å²) in [5, 5.41) is 10.9. The van der Waals surface area contributed by atoms with E-state index in [-0.39, 0.29) is 6.04 Å². The van der Waals surface area contributed by atoms with Gasteiger partial charge in [-0.05, 0) is 48.7 Å². The van der Waals surface area contributed by atoms with E-state index in [4.69, 9.17) is 23.2 Å². The summed E-state index contributed by atoms with van der Waals surface area (Å²) >= 11 is 12.6. The number of carboxylic acids is 1. The van der Waals surface area contributed by atoms with E-state index in [2.05, 4.69) is 0 Å². The third kappa shape index (κ3) is 3.59. The van der Waals surface area contributed by atoms with Crippen molar-refractivity contribution in [3.63, 3.8) is 0 Å². The Balaban J connectivity index is 2.11. The number of aliphatic carboxylic acids is 1. The van der Waals surface area contributed by atoms with Crippen LogP contribution in [0.2, 0.25) is 10.0 Å². The summed E-state index contributed by atoms with van der Waals surface area (Å²) in [7, 11) is 0. The van der Waals surface area contributed by atoms with Gasteiger partial charge in [0.15, 0.2) is 0 Å². The van der Waals surface area contributed by atoms with E-state index in [0.717, 1.165) is 30.5 Å². The summed E-state index contributed by atoms with van der Waals surface area (Å²) in [5.74, 6) is -0.784. The Morgan fingerprint density at radius 2 is 1.92 bits per heavy atom. The molecule has 1 fully saturated rings. The summed E-state index contributed by atoms with van der Waals surface area (Å²) in [5.41, 5.74) is 1.87. The quantitative estimate of drug-likeness (QED) is 0.828. The molecule has 0 saturated carbocycles. The minimum Gasteiger partial charge on any atom is -0.480 e. The lowest BCUT2D eigenvalue weighted by Crippen LogP contribution is -2.46. The van der Waals surface area contributed by atoms with Gasteiger partial charge in [-0.1, -0.05) is 60.0 Å². The van der Waals surface area contributed by atoms with Crippen LogP contribution in [0.3, 0.4) is 0 Å². The summed E-state index contributed by atoms with van der Waals surface area (Å²) < 4.78 is 0. The maximum atomic E-state index is 11.8. The number of hydrogen-bond acceptors (Lipinski definition) is 2. The highest BCUT2D eigenvalue weighted by Gasteiger charge is 2.35. The molecule has 0 aliphatic carbocycles. The van der Waals surface area contributed by atoms with E-state index in [0.29, 0.717) is 16.5 Å². The summed E-state index contributed by atoms with van der Waals surface area (Å²) in [6.45, 7) is 0.722. The molecule has 0 spiro atoms. The maximum Gasteiger partial charge on any atom is 0.320 e. The fourth-order valence-electron chi connectivity index (χ4n) is 3.45. The Morgan fingerprint density at radius 1 is 1.12 bits per heavy atom. The number of halogens is 2. The van der Waals surface area contributed by atoms with Crippen molar-refractivity contribution in [1.82, 2.24) is 4.90 Å². The van der Waals surface area contributed by atoms with Gasteiger partial charge >= 0.3 is 5.97 Å². The molecule has 2 atom stereocenters. The van der Waals surface area contributed by atoms with Crippen LogP contribution in [0.15, 0.2) is 48.5 Å². The average molecular weight is 364 g/mol. The van der Waals surface area contributed by atoms with Crippen LogP contribution in [0, 0.1) is 0 Å². The molecule has 1 N–H and O–H groups in total. The Bertz CT molecular complexity index is 735. The highest BCUT2D eigenvalue weighted by atomic mass is 35.5. The number of piperidine rings is 1. The van der Waals surface area contributed by atoms with Crippen LogP contribution in [0.4, 0.5) is 0 Å². The van der Waals surface area contributed by atoms with Crippen LogP contribution in [-0.4, -0.2) is 28.6 Å². The van der Waals surface area contributed by atoms with E-state index in [1.54, 1.807) is 0 Å². The zero-order valence-electron chi connectivity index (χ0n) is 13.2. The van der Waals surface area contributed by atoms with Gasteiger partial charge in [0, 0.05) is 10.0 Å². The number of likely N-dealkylation sites (tertiary alicyclic amines) is 1. The molecule has 1 heterocycles. The predicted octanol–water partition coefficient (Wildman–Crippen LogP) is 5.02. The largest absolute Gasteiger partial charge is 0.480 e. The second kappa shape index (κ2) is 7.56. The first-order chi connectivity index (χ1) is 11.6. The van der Waals surface area contributed by atoms with Gasteiger partial charge in [0.1, 0.15) is 6.04 Å². The average Bonchev–Trinajstić information content (AvgIpc) is 2.57. The minimum absolute atomic E-state index is 0.223. The minimum atomic E-state index is -0.784. The number of carboxylic acid groups (broad SMARTS) is 1. The molecule has 2 aromatic carbocycles. The molecule has 1 aliphatic heterocycles. The van der Waals surface area contributed by atoms with E-state index in [1.807, 2.05) is 53.4 Å². The first-order valence-electron chi connectivity index (χ1n) is 8.06. The van der Waals surface area contributed by atoms with E-state index in [9.17, 15) is 9.90 Å². The van der Waals surface area contributed by atoms with Crippen LogP contribution in [0.5, 0.6) is 0 Å². The maximum absolute atomic E-state index is 11.8. The molecule has 3 nitrogen and oxygen atoms in total. The van der Waals surface area contributed by atoms with Crippen molar-refractivity contribution in [2.45, 2.75) is 31.3 Å². The van der Waals surface area contributed by atoms with Crippen LogP contribution in [0.25, 0.3) is 0 Å². The normalized spacial score (nSPS) is 19.8. The fourth-order valence-corrected chi connectivity index (χ4v) is 3.89. The Morgan fingerprint density at radius 3 is 2.62 bits per heavy atom. The molecule has 1 saturated heterocycles. The first-order valence-corrected chi connectivity index (χ1v) is 8.82. The number of carbonyl (C=O) groups is 1. The lowest BCUT2D eigenvalue weighted by atomic mass is 9.91. The zero-order valence-corrected chi connectivity index (χ0v) is 14.7. The van der Waals surface area contributed by atoms with Gasteiger partial charge in [-0.15, -0.1) is 0 Å². The molecule has 2 unspecified atom stereocenters. The van der Waals surface area contributed by atoms with E-state index >= 15 is 0 Å². The van der Waals surface area contributed by atoms with Gasteiger partial charge in [-0.25, -0.2) is 0 Å². The molecule has 3 rings (SSSR count). The zero-order chi connectivity index (χ0) is 17.1. The van der Waals surface area contributed by atoms with Crippen LogP contribution >= 0.6 is 23.2 Å². The smallest absolute Gasteiger partial charge is 0.320 e. The highest BCUT2D eigenvalue weighted by molar-refractivity contribution is 6.31. The van der Waals surface area contributed by atoms with Crippen molar-refractivity contribution in [3.05, 3.63) is 69.7 Å². The van der Waals surface area contributed by atoms with E-state index in [1.165, 1.54) is 0 Å². The molecule has 5 heteroatoms. The summed E-state index contributed by atoms with van der Waals surface area (Å²) in [6.07, 6.45) is 2.56. The molecule has 0 amide bonds. The van der Waals surface area contributed by atoms with Gasteiger partial charge in [0.25, 0.3) is 0 Å². The van der Waals surface area contributed by atoms with Crippen LogP contribution < -0.4 is 0 Å². The second-order valence-electron chi connectivity index (χ2n) is 6.07. The molecule has 24 heavy (non-hydrogen) atoms. The number of hydrogen-bond donors (Lipinski definition) is 1. The van der Waals surface area contributed by atoms with Crippen molar-refractivity contribution in [2.24, 2.45) is 0 Å². The highest BCUT2D eigenvalue weighted by Crippen LogP contribution is 2.37. The third-order valence-corrected chi connectivity index (χ3v) is 5.10. The van der Waals surface area contributed by atoms with Gasteiger partial charge in [-0.3, -0.25) is 9.69 Å². The molecule has 0 aromatic heterocycles. The van der Waals surface area contributed by atoms with E-state index < -0.39 is 12.0 Å². The predicted molar refractivity (Wildman–Crippen MR) is 96.7 cm³/mol. The van der Waals surface area contributed by atoms with Crippen molar-refractivity contribution in [2.75, 3.05) is 6.54 Å². The monoisotopic (exact) mass is 363 g/mol. The van der Waals surface area contributed by atoms with Crippen LogP contribution in [-0.2, 0) is 4.79 Å². The number of nitrogens with zero attached hydrogens (tertiary/aromatic N) is 1. The molecular formula is C19H19Cl2NO2. The summed E-state index contributed by atoms with van der Waals surface area (Å²) in [6, 6.07) is 14.5. The standard InChI is InChI=1S/C19H19Cl2NO2/c20-14-7-5-6-13(12-14)18(15-8-1-2-9-16(15)21)22-11-4-3-10-17(22)19(23)24/h1-2,5-9,12,17-18H,3-4,10-11H2,(H,23,24). The van der Waals surface area contributed by atoms with Gasteiger partial charge in [0.05, 0.1) is 6.04 Å². The Hall–Kier alpha value is -1.55. The molecule has 2 aromatic rings. The topological polar surface area (TPSA) is 40.5 Å². The molecule has 0 bridgehead atoms. The first kappa shape index (κ1) is 17.3. The molecule has 126 valence electrons. The van der Waals surface area contributed by atoms with Crippen molar-refractivity contribution >= 4 is 29.2 Å². The fraction of sp³-hybridized carbons (Fsp3) is 0.316. The van der Waals surface area contributed by atoms with Crippen molar-refractivity contribution in [1.29, 1.82) is 0 Å². The van der Waals surface area contributed by atoms with Crippen molar-refractivity contribution in [3.8, 4) is 0 Å². The number of benzene rings is 2. The lowest BCUT2D eigenvalue weighted by molar-refractivity contribution is -0.145. The SMILES string of the molecule is O=C(O)C1CCCCN1C(c1cccc(Cl)c1)c1ccccc1Cl. The molecular weight excluding hydrogens is 345 g/mol. The van der Waals surface area contributed by atoms with Gasteiger partial charge < -0.3 is 5.11 Å². The molecule has 1 aliphatic rings. The van der Waals surface area contributed by atoms with Gasteiger partial charge in [0.2, 0.25) is 0 Å². The molecule has 0 radical (unpaired) electrons. The third-order valence-electron chi connectivity index (χ3n) is 4.53. The Labute approximate surface area is 151 Å². The Kier molecular flexibility index (Phi) is 5.44. The van der Waals surface area contributed by atoms with Crippen LogP contribution in [0.1, 0.15) is 36.4 Å². The van der Waals surface area contributed by atoms with Gasteiger partial charge in [-0.2, -0.15) is 0 Å². The lowest BCUT2D eigenvalue weighted by Gasteiger charge is -2.40. The number of rotatable bonds is 4. The summed E-state index contributed by atoms with van der Waals surface area (Å²) in [4.78, 5) is 13.8. The second-order valence-corrected chi connectivity index (χ2v) is 6.91.